The van der Waals surface area contributed by atoms with Gasteiger partial charge in [0.25, 0.3) is 0 Å². The second-order valence-electron chi connectivity index (χ2n) is 37.7. The normalized spacial score (nSPS) is 12.1. The van der Waals surface area contributed by atoms with Crippen molar-refractivity contribution in [1.82, 2.24) is 62.7 Å². The summed E-state index contributed by atoms with van der Waals surface area (Å²) >= 11 is 0. The Bertz CT molecular complexity index is 9590. The van der Waals surface area contributed by atoms with Crippen molar-refractivity contribution in [2.45, 2.75) is 19.3 Å². The van der Waals surface area contributed by atoms with Crippen molar-refractivity contribution < 1.29 is 0 Å². The third-order valence-electron chi connectivity index (χ3n) is 28.7. The highest BCUT2D eigenvalue weighted by atomic mass is 15.2. The van der Waals surface area contributed by atoms with Gasteiger partial charge in [-0.3, -0.25) is 4.57 Å². The van der Waals surface area contributed by atoms with Crippen LogP contribution in [0.15, 0.2) is 504 Å². The van der Waals surface area contributed by atoms with Gasteiger partial charge in [0.1, 0.15) is 0 Å². The minimum Gasteiger partial charge on any atom is -0.309 e. The monoisotopic (exact) mass is 1870 g/mol. The highest BCUT2D eigenvalue weighted by Gasteiger charge is 2.37. The summed E-state index contributed by atoms with van der Waals surface area (Å²) in [5.74, 6) is 4.50. The molecule has 0 saturated carbocycles. The van der Waals surface area contributed by atoms with E-state index in [9.17, 15) is 0 Å². The largest absolute Gasteiger partial charge is 0.309 e. The standard InChI is InChI=1S/C52H34N4.C42H30N4.C39H25N5/c1-3-15-35(16-4-1)36-27-29-37(30-28-36)46-34-47(54-52(53-46)38-17-5-2-6-18-38)39-31-40(55-48-23-11-7-19-42(48)43-20-8-12-24-49(43)55)33-41(32-39)56-50-25-13-9-21-44(50)45-22-10-14-26-51(45)56;1-42(2)35-22-11-9-20-31(35)33-25-34-32-21-10-12-23-37(32)46(38(34)26-36(33)42)30-19-13-18-29(24-30)41-44-39(27-14-5-3-6-15-27)43-40(45-41)28-16-7-4-8-17-28;1-4-14-26(15-5-1)37-40-38(27-16-6-2-7-17-27)42-39(41-37)44-34-23-13-11-21-30(34)32-25-24-31-29-20-10-12-22-33(29)43(35(31)36(32)44)28-18-8-3-9-19-28/h1-34H;3-26H,1-2H3;1-25H. The van der Waals surface area contributed by atoms with Gasteiger partial charge in [-0.15, -0.1) is 0 Å². The van der Waals surface area contributed by atoms with E-state index < -0.39 is 0 Å². The molecule has 0 bridgehead atoms. The summed E-state index contributed by atoms with van der Waals surface area (Å²) in [6.45, 7) is 4.68. The van der Waals surface area contributed by atoms with E-state index in [0.717, 1.165) is 134 Å². The molecule has 8 heterocycles. The molecule has 13 nitrogen and oxygen atoms in total. The van der Waals surface area contributed by atoms with Gasteiger partial charge >= 0.3 is 0 Å². The van der Waals surface area contributed by atoms with Gasteiger partial charge in [0.15, 0.2) is 34.9 Å². The van der Waals surface area contributed by atoms with Crippen LogP contribution in [0, 0.1) is 0 Å². The summed E-state index contributed by atoms with van der Waals surface area (Å²) in [5, 5.41) is 12.1. The lowest BCUT2D eigenvalue weighted by atomic mass is 9.82. The van der Waals surface area contributed by atoms with E-state index in [4.69, 9.17) is 39.9 Å². The lowest BCUT2D eigenvalue weighted by Gasteiger charge is -2.21. The van der Waals surface area contributed by atoms with Crippen molar-refractivity contribution in [1.29, 1.82) is 0 Å². The smallest absolute Gasteiger partial charge is 0.238 e. The Labute approximate surface area is 841 Å². The third-order valence-corrected chi connectivity index (χ3v) is 28.7. The van der Waals surface area contributed by atoms with Crippen LogP contribution in [0.25, 0.3) is 251 Å². The average Bonchev–Trinajstić information content (AvgIpc) is 1.55. The van der Waals surface area contributed by atoms with Crippen molar-refractivity contribution in [3.8, 4) is 142 Å². The number of hydrogen-bond donors (Lipinski definition) is 0. The molecular formula is C133H89N13. The summed E-state index contributed by atoms with van der Waals surface area (Å²) in [6.07, 6.45) is 0. The molecule has 0 atom stereocenters. The molecule has 686 valence electrons. The minimum absolute atomic E-state index is 0.0875. The molecule has 0 amide bonds. The summed E-state index contributed by atoms with van der Waals surface area (Å²) < 4.78 is 11.8. The fourth-order valence-corrected chi connectivity index (χ4v) is 21.9. The van der Waals surface area contributed by atoms with E-state index in [-0.39, 0.29) is 5.41 Å². The number of hydrogen-bond acceptors (Lipinski definition) is 8. The Kier molecular flexibility index (Phi) is 20.9. The highest BCUT2D eigenvalue weighted by molar-refractivity contribution is 6.24. The second-order valence-corrected chi connectivity index (χ2v) is 37.7. The van der Waals surface area contributed by atoms with Gasteiger partial charge in [0.05, 0.1) is 66.6 Å². The third kappa shape index (κ3) is 14.9. The SMILES string of the molecule is CC1(C)c2ccccc2-c2cc3c4ccccc4n(-c4cccc(-c5nc(-c6ccccc6)nc(-c6ccccc6)n5)c4)c3cc21.c1ccc(-c2ccc(-c3cc(-c4cc(-n5c6ccccc6c6ccccc65)cc(-n5c6ccccc6c6ccccc65)c4)nc(-c4ccccc4)n3)cc2)cc1.c1ccc(-c2nc(-c3ccccc3)nc(-n3c4ccccc4c4ccc5c6ccccc6n(-c6ccccc6)c5c43)n2)cc1. The average molecular weight is 1870 g/mol. The first-order chi connectivity index (χ1) is 72.2. The maximum Gasteiger partial charge on any atom is 0.238 e. The summed E-state index contributed by atoms with van der Waals surface area (Å²) in [6, 6.07) is 177. The molecule has 0 aliphatic heterocycles. The predicted octanol–water partition coefficient (Wildman–Crippen LogP) is 33.0. The van der Waals surface area contributed by atoms with Crippen molar-refractivity contribution in [3.63, 3.8) is 0 Å². The van der Waals surface area contributed by atoms with Crippen LogP contribution in [0.4, 0.5) is 0 Å². The van der Waals surface area contributed by atoms with Crippen molar-refractivity contribution in [3.05, 3.63) is 515 Å². The molecule has 0 unspecified atom stereocenters. The van der Waals surface area contributed by atoms with Gasteiger partial charge in [-0.05, 0) is 137 Å². The molecule has 146 heavy (non-hydrogen) atoms. The van der Waals surface area contributed by atoms with Crippen molar-refractivity contribution in [2.24, 2.45) is 0 Å². The van der Waals surface area contributed by atoms with E-state index in [0.29, 0.717) is 40.9 Å². The highest BCUT2D eigenvalue weighted by Crippen LogP contribution is 2.52. The van der Waals surface area contributed by atoms with Crippen LogP contribution < -0.4 is 0 Å². The molecule has 20 aromatic carbocycles. The second kappa shape index (κ2) is 35.7. The number of benzene rings is 20. The number of aromatic nitrogens is 13. The molecule has 29 rings (SSSR count). The Morgan fingerprint density at radius 2 is 0.459 bits per heavy atom. The molecule has 1 aliphatic carbocycles. The van der Waals surface area contributed by atoms with Gasteiger partial charge in [-0.25, -0.2) is 29.9 Å². The number of para-hydroxylation sites is 8. The van der Waals surface area contributed by atoms with Crippen LogP contribution in [0.5, 0.6) is 0 Å². The maximum atomic E-state index is 5.33. The van der Waals surface area contributed by atoms with Crippen molar-refractivity contribution in [2.75, 3.05) is 0 Å². The summed E-state index contributed by atoms with van der Waals surface area (Å²) in [5.41, 5.74) is 32.8. The Morgan fingerprint density at radius 3 is 0.904 bits per heavy atom. The molecule has 0 fully saturated rings. The zero-order chi connectivity index (χ0) is 96.9. The van der Waals surface area contributed by atoms with Gasteiger partial charge < -0.3 is 18.3 Å². The van der Waals surface area contributed by atoms with E-state index in [2.05, 4.69) is 395 Å². The Balaban J connectivity index is 0.000000110. The van der Waals surface area contributed by atoms with Crippen LogP contribution >= 0.6 is 0 Å². The van der Waals surface area contributed by atoms with Crippen molar-refractivity contribution >= 4 is 109 Å². The Hall–Kier alpha value is -19.5. The quantitative estimate of drug-likeness (QED) is 0.105. The van der Waals surface area contributed by atoms with Crippen LogP contribution in [0.3, 0.4) is 0 Å². The van der Waals surface area contributed by atoms with Crippen LogP contribution in [0.1, 0.15) is 25.0 Å². The summed E-state index contributed by atoms with van der Waals surface area (Å²) in [7, 11) is 0. The van der Waals surface area contributed by atoms with E-state index >= 15 is 0 Å². The molecule has 0 N–H and O–H groups in total. The van der Waals surface area contributed by atoms with Crippen LogP contribution in [0.2, 0.25) is 0 Å². The van der Waals surface area contributed by atoms with Gasteiger partial charge in [-0.2, -0.15) is 9.97 Å². The molecule has 13 heteroatoms. The number of nitrogens with zero attached hydrogens (tertiary/aromatic N) is 13. The van der Waals surface area contributed by atoms with Gasteiger partial charge in [0.2, 0.25) is 5.95 Å². The molecule has 28 aromatic rings. The number of fused-ring (bicyclic) bond motifs is 19. The predicted molar refractivity (Wildman–Crippen MR) is 600 cm³/mol. The topological polar surface area (TPSA) is 128 Å². The Morgan fingerprint density at radius 1 is 0.158 bits per heavy atom. The van der Waals surface area contributed by atoms with E-state index in [1.165, 1.54) is 87.5 Å². The summed E-state index contributed by atoms with van der Waals surface area (Å²) in [4.78, 5) is 40.7. The molecule has 0 spiro atoms. The first kappa shape index (κ1) is 85.7. The zero-order valence-corrected chi connectivity index (χ0v) is 79.7. The molecule has 0 radical (unpaired) electrons. The van der Waals surface area contributed by atoms with E-state index in [1.54, 1.807) is 0 Å². The molecular weight excluding hydrogens is 1780 g/mol. The van der Waals surface area contributed by atoms with Gasteiger partial charge in [0, 0.05) is 127 Å². The fraction of sp³-hybridized carbons (Fsp3) is 0.0226. The molecule has 8 aromatic heterocycles. The van der Waals surface area contributed by atoms with E-state index in [1.807, 2.05) is 146 Å². The first-order valence-corrected chi connectivity index (χ1v) is 49.4. The lowest BCUT2D eigenvalue weighted by Crippen LogP contribution is -2.14. The van der Waals surface area contributed by atoms with Crippen LogP contribution in [-0.2, 0) is 5.41 Å². The number of rotatable bonds is 14. The minimum atomic E-state index is -0.0875. The first-order valence-electron chi connectivity index (χ1n) is 49.4. The zero-order valence-electron chi connectivity index (χ0n) is 79.7. The van der Waals surface area contributed by atoms with Crippen LogP contribution in [-0.4, -0.2) is 62.7 Å². The fourth-order valence-electron chi connectivity index (χ4n) is 21.9. The maximum absolute atomic E-state index is 5.33. The lowest BCUT2D eigenvalue weighted by molar-refractivity contribution is 0.661. The van der Waals surface area contributed by atoms with Gasteiger partial charge in [-0.1, -0.05) is 414 Å². The molecule has 0 saturated heterocycles. The molecule has 1 aliphatic rings.